The van der Waals surface area contributed by atoms with Gasteiger partial charge in [0.1, 0.15) is 11.8 Å². The van der Waals surface area contributed by atoms with E-state index in [2.05, 4.69) is 10.2 Å². The number of carbonyl (C=O) groups is 2. The van der Waals surface area contributed by atoms with Crippen LogP contribution >= 0.6 is 11.3 Å². The molecular formula is C23H29N3O4S. The first kappa shape index (κ1) is 21.8. The van der Waals surface area contributed by atoms with Crippen LogP contribution in [0, 0.1) is 0 Å². The number of methoxy groups -OCH3 is 1. The van der Waals surface area contributed by atoms with Gasteiger partial charge >= 0.3 is 0 Å². The molecule has 2 atom stereocenters. The van der Waals surface area contributed by atoms with Gasteiger partial charge in [0.05, 0.1) is 31.2 Å². The molecule has 1 N–H and O–H groups in total. The number of rotatable bonds is 7. The molecule has 0 aliphatic carbocycles. The van der Waals surface area contributed by atoms with Gasteiger partial charge in [0.25, 0.3) is 5.91 Å². The molecular weight excluding hydrogens is 414 g/mol. The Morgan fingerprint density at radius 2 is 1.97 bits per heavy atom. The molecule has 4 rings (SSSR count). The van der Waals surface area contributed by atoms with E-state index in [0.29, 0.717) is 37.6 Å². The van der Waals surface area contributed by atoms with Crippen LogP contribution in [0.5, 0.6) is 5.75 Å². The van der Waals surface area contributed by atoms with Crippen molar-refractivity contribution >= 4 is 23.2 Å². The third-order valence-electron chi connectivity index (χ3n) is 6.00. The summed E-state index contributed by atoms with van der Waals surface area (Å²) in [7, 11) is 1.65. The minimum Gasteiger partial charge on any atom is -0.497 e. The Morgan fingerprint density at radius 1 is 1.19 bits per heavy atom. The number of ether oxygens (including phenoxy) is 2. The number of amides is 2. The van der Waals surface area contributed by atoms with Crippen molar-refractivity contribution in [2.45, 2.75) is 24.9 Å². The molecule has 1 aromatic heterocycles. The fourth-order valence-corrected chi connectivity index (χ4v) is 4.99. The zero-order valence-corrected chi connectivity index (χ0v) is 18.6. The van der Waals surface area contributed by atoms with Gasteiger partial charge in [0.15, 0.2) is 0 Å². The molecule has 2 saturated heterocycles. The number of likely N-dealkylation sites (tertiary alicyclic amines) is 1. The van der Waals surface area contributed by atoms with Crippen molar-refractivity contribution < 1.29 is 19.1 Å². The van der Waals surface area contributed by atoms with Crippen molar-refractivity contribution in [2.24, 2.45) is 0 Å². The van der Waals surface area contributed by atoms with Gasteiger partial charge in [-0.1, -0.05) is 18.2 Å². The molecule has 1 aromatic carbocycles. The lowest BCUT2D eigenvalue weighted by atomic mass is 10.0. The fourth-order valence-electron chi connectivity index (χ4n) is 4.31. The van der Waals surface area contributed by atoms with E-state index in [4.69, 9.17) is 9.47 Å². The number of thiophene rings is 1. The first-order valence-corrected chi connectivity index (χ1v) is 11.6. The quantitative estimate of drug-likeness (QED) is 0.712. The minimum atomic E-state index is -0.407. The molecule has 0 bridgehead atoms. The van der Waals surface area contributed by atoms with Crippen LogP contribution < -0.4 is 10.1 Å². The molecule has 3 heterocycles. The normalized spacial score (nSPS) is 20.4. The summed E-state index contributed by atoms with van der Waals surface area (Å²) < 4.78 is 10.8. The van der Waals surface area contributed by atoms with Gasteiger partial charge in [0, 0.05) is 26.2 Å². The van der Waals surface area contributed by atoms with Gasteiger partial charge in [-0.15, -0.1) is 11.3 Å². The lowest BCUT2D eigenvalue weighted by Crippen LogP contribution is -2.49. The first-order valence-electron chi connectivity index (χ1n) is 10.8. The van der Waals surface area contributed by atoms with Gasteiger partial charge in [-0.25, -0.2) is 0 Å². The van der Waals surface area contributed by atoms with Gasteiger partial charge in [-0.3, -0.25) is 14.5 Å². The van der Waals surface area contributed by atoms with E-state index in [1.54, 1.807) is 12.0 Å². The van der Waals surface area contributed by atoms with Gasteiger partial charge in [-0.2, -0.15) is 0 Å². The van der Waals surface area contributed by atoms with E-state index in [0.717, 1.165) is 30.8 Å². The maximum atomic E-state index is 13.1. The van der Waals surface area contributed by atoms with Gasteiger partial charge < -0.3 is 19.7 Å². The number of hydrogen-bond acceptors (Lipinski definition) is 6. The summed E-state index contributed by atoms with van der Waals surface area (Å²) in [4.78, 5) is 30.6. The lowest BCUT2D eigenvalue weighted by molar-refractivity contribution is -0.125. The van der Waals surface area contributed by atoms with E-state index in [1.165, 1.54) is 11.3 Å². The Labute approximate surface area is 186 Å². The maximum Gasteiger partial charge on any atom is 0.264 e. The largest absolute Gasteiger partial charge is 0.497 e. The Hall–Kier alpha value is -2.42. The molecule has 0 radical (unpaired) electrons. The second kappa shape index (κ2) is 10.3. The zero-order chi connectivity index (χ0) is 21.6. The number of carbonyl (C=O) groups excluding carboxylic acids is 2. The Bertz CT molecular complexity index is 865. The van der Waals surface area contributed by atoms with E-state index < -0.39 is 6.04 Å². The Morgan fingerprint density at radius 3 is 2.65 bits per heavy atom. The van der Waals surface area contributed by atoms with Crippen LogP contribution in [-0.4, -0.2) is 74.2 Å². The summed E-state index contributed by atoms with van der Waals surface area (Å²) in [6.07, 6.45) is 1.55. The monoisotopic (exact) mass is 443 g/mol. The number of morpholine rings is 1. The van der Waals surface area contributed by atoms with Crippen LogP contribution in [0.2, 0.25) is 0 Å². The van der Waals surface area contributed by atoms with Crippen LogP contribution in [-0.2, 0) is 9.53 Å². The molecule has 7 nitrogen and oxygen atoms in total. The van der Waals surface area contributed by atoms with Crippen LogP contribution in [0.1, 0.15) is 34.1 Å². The standard InChI is InChI=1S/C23H29N3O4S/c1-29-18-8-6-17(7-9-18)20(25-11-13-30-14-12-25)16-24-22(27)19-4-2-10-26(19)23(28)21-5-3-15-31-21/h3,5-9,15,19-20H,2,4,10-14,16H2,1H3,(H,24,27)/t19-,20+/m1/s1. The zero-order valence-electron chi connectivity index (χ0n) is 17.8. The number of nitrogens with zero attached hydrogens (tertiary/aromatic N) is 2. The van der Waals surface area contributed by atoms with E-state index >= 15 is 0 Å². The molecule has 2 aliphatic rings. The molecule has 166 valence electrons. The summed E-state index contributed by atoms with van der Waals surface area (Å²) in [5.74, 6) is 0.684. The molecule has 2 amide bonds. The topological polar surface area (TPSA) is 71.1 Å². The highest BCUT2D eigenvalue weighted by atomic mass is 32.1. The summed E-state index contributed by atoms with van der Waals surface area (Å²) in [5, 5.41) is 5.03. The maximum absolute atomic E-state index is 13.1. The van der Waals surface area contributed by atoms with Crippen LogP contribution in [0.3, 0.4) is 0 Å². The van der Waals surface area contributed by atoms with Crippen LogP contribution in [0.15, 0.2) is 41.8 Å². The second-order valence-corrected chi connectivity index (χ2v) is 8.76. The molecule has 2 aliphatic heterocycles. The lowest BCUT2D eigenvalue weighted by Gasteiger charge is -2.35. The third-order valence-corrected chi connectivity index (χ3v) is 6.86. The van der Waals surface area contributed by atoms with Crippen molar-refractivity contribution in [3.05, 3.63) is 52.2 Å². The second-order valence-electron chi connectivity index (χ2n) is 7.82. The molecule has 0 spiro atoms. The molecule has 31 heavy (non-hydrogen) atoms. The highest BCUT2D eigenvalue weighted by molar-refractivity contribution is 7.12. The van der Waals surface area contributed by atoms with E-state index in [1.807, 2.05) is 41.8 Å². The summed E-state index contributed by atoms with van der Waals surface area (Å²) in [6, 6.07) is 11.3. The van der Waals surface area contributed by atoms with E-state index in [-0.39, 0.29) is 17.9 Å². The van der Waals surface area contributed by atoms with Crippen molar-refractivity contribution in [3.8, 4) is 5.75 Å². The number of hydrogen-bond donors (Lipinski definition) is 1. The van der Waals surface area contributed by atoms with Crippen molar-refractivity contribution in [2.75, 3.05) is 46.5 Å². The smallest absolute Gasteiger partial charge is 0.264 e. The van der Waals surface area contributed by atoms with Crippen molar-refractivity contribution in [1.29, 1.82) is 0 Å². The summed E-state index contributed by atoms with van der Waals surface area (Å²) >= 11 is 1.42. The number of benzene rings is 1. The molecule has 8 heteroatoms. The molecule has 0 saturated carbocycles. The minimum absolute atomic E-state index is 0.0432. The van der Waals surface area contributed by atoms with Crippen molar-refractivity contribution in [3.63, 3.8) is 0 Å². The van der Waals surface area contributed by atoms with Crippen molar-refractivity contribution in [1.82, 2.24) is 15.1 Å². The summed E-state index contributed by atoms with van der Waals surface area (Å²) in [6.45, 7) is 4.12. The van der Waals surface area contributed by atoms with Gasteiger partial charge in [0.2, 0.25) is 5.91 Å². The predicted molar refractivity (Wildman–Crippen MR) is 120 cm³/mol. The average Bonchev–Trinajstić information content (AvgIpc) is 3.52. The first-order chi connectivity index (χ1) is 15.2. The molecule has 0 unspecified atom stereocenters. The van der Waals surface area contributed by atoms with E-state index in [9.17, 15) is 9.59 Å². The SMILES string of the molecule is COc1ccc([C@H](CNC(=O)[C@H]2CCCN2C(=O)c2cccs2)N2CCOCC2)cc1. The van der Waals surface area contributed by atoms with Crippen LogP contribution in [0.4, 0.5) is 0 Å². The highest BCUT2D eigenvalue weighted by Gasteiger charge is 2.35. The highest BCUT2D eigenvalue weighted by Crippen LogP contribution is 2.25. The fraction of sp³-hybridized carbons (Fsp3) is 0.478. The summed E-state index contributed by atoms with van der Waals surface area (Å²) in [5.41, 5.74) is 1.13. The molecule has 2 fully saturated rings. The third kappa shape index (κ3) is 5.08. The number of nitrogens with one attached hydrogen (secondary N) is 1. The molecule has 2 aromatic rings. The predicted octanol–water partition coefficient (Wildman–Crippen LogP) is 2.55. The van der Waals surface area contributed by atoms with Crippen LogP contribution in [0.25, 0.3) is 0 Å². The Balaban J connectivity index is 1.44. The van der Waals surface area contributed by atoms with Gasteiger partial charge in [-0.05, 0) is 42.0 Å². The Kier molecular flexibility index (Phi) is 7.21. The average molecular weight is 444 g/mol.